The van der Waals surface area contributed by atoms with Crippen molar-refractivity contribution in [3.05, 3.63) is 0 Å². The average Bonchev–Trinajstić information content (AvgIpc) is 2.13. The van der Waals surface area contributed by atoms with Crippen LogP contribution in [0.2, 0.25) is 0 Å². The number of carbonyl (C=O) groups excluding carboxylic acids is 1. The number of amides is 1. The lowest BCUT2D eigenvalue weighted by Crippen LogP contribution is -2.38. The average molecular weight is 203 g/mol. The lowest BCUT2D eigenvalue weighted by atomic mass is 10.2. The summed E-state index contributed by atoms with van der Waals surface area (Å²) in [4.78, 5) is 21.5. The third kappa shape index (κ3) is 5.53. The Kier molecular flexibility index (Phi) is 5.87. The zero-order chi connectivity index (χ0) is 11.1. The summed E-state index contributed by atoms with van der Waals surface area (Å²) in [7, 11) is 1.57. The Labute approximate surface area is 83.4 Å². The zero-order valence-corrected chi connectivity index (χ0v) is 8.74. The Morgan fingerprint density at radius 3 is 2.43 bits per heavy atom. The standard InChI is InChI=1S/C9H17NO4/c1-6(14-3)4-5-8(11)10-7(2)9(12)13/h6-7H,4-5H2,1-3H3,(H,10,11)(H,12,13)/t6?,7-/m1/s1. The largest absolute Gasteiger partial charge is 0.480 e. The van der Waals surface area contributed by atoms with Crippen molar-refractivity contribution in [3.63, 3.8) is 0 Å². The second-order valence-electron chi connectivity index (χ2n) is 3.21. The van der Waals surface area contributed by atoms with Crippen LogP contribution >= 0.6 is 0 Å². The number of hydrogen-bond donors (Lipinski definition) is 2. The normalized spacial score (nSPS) is 14.5. The van der Waals surface area contributed by atoms with Crippen LogP contribution in [0.15, 0.2) is 0 Å². The first-order valence-electron chi connectivity index (χ1n) is 4.52. The van der Waals surface area contributed by atoms with Crippen molar-refractivity contribution in [2.24, 2.45) is 0 Å². The highest BCUT2D eigenvalue weighted by atomic mass is 16.5. The summed E-state index contributed by atoms with van der Waals surface area (Å²) in [5.41, 5.74) is 0. The van der Waals surface area contributed by atoms with Gasteiger partial charge in [0.05, 0.1) is 6.10 Å². The van der Waals surface area contributed by atoms with Gasteiger partial charge in [-0.1, -0.05) is 0 Å². The summed E-state index contributed by atoms with van der Waals surface area (Å²) < 4.78 is 4.96. The van der Waals surface area contributed by atoms with Crippen LogP contribution in [0.25, 0.3) is 0 Å². The molecule has 5 nitrogen and oxygen atoms in total. The Morgan fingerprint density at radius 2 is 2.00 bits per heavy atom. The predicted molar refractivity (Wildman–Crippen MR) is 50.9 cm³/mol. The van der Waals surface area contributed by atoms with E-state index in [9.17, 15) is 9.59 Å². The molecule has 82 valence electrons. The van der Waals surface area contributed by atoms with Gasteiger partial charge in [0.25, 0.3) is 0 Å². The lowest BCUT2D eigenvalue weighted by Gasteiger charge is -2.11. The number of methoxy groups -OCH3 is 1. The number of nitrogens with one attached hydrogen (secondary N) is 1. The maximum Gasteiger partial charge on any atom is 0.325 e. The van der Waals surface area contributed by atoms with Crippen molar-refractivity contribution in [3.8, 4) is 0 Å². The molecular formula is C9H17NO4. The molecule has 0 aromatic rings. The summed E-state index contributed by atoms with van der Waals surface area (Å²) in [6.07, 6.45) is 0.891. The second-order valence-corrected chi connectivity index (χ2v) is 3.21. The van der Waals surface area contributed by atoms with Crippen molar-refractivity contribution in [1.82, 2.24) is 5.32 Å². The van der Waals surface area contributed by atoms with Gasteiger partial charge in [-0.3, -0.25) is 9.59 Å². The number of ether oxygens (including phenoxy) is 1. The van der Waals surface area contributed by atoms with E-state index >= 15 is 0 Å². The van der Waals surface area contributed by atoms with E-state index in [0.29, 0.717) is 6.42 Å². The van der Waals surface area contributed by atoms with Gasteiger partial charge in [-0.05, 0) is 20.3 Å². The van der Waals surface area contributed by atoms with Crippen LogP contribution in [-0.4, -0.2) is 36.2 Å². The first-order valence-corrected chi connectivity index (χ1v) is 4.52. The van der Waals surface area contributed by atoms with Crippen molar-refractivity contribution in [2.75, 3.05) is 7.11 Å². The van der Waals surface area contributed by atoms with Crippen LogP contribution < -0.4 is 5.32 Å². The number of carbonyl (C=O) groups is 2. The molecule has 0 aliphatic heterocycles. The molecule has 0 aliphatic carbocycles. The molecule has 0 aromatic heterocycles. The molecule has 5 heteroatoms. The minimum Gasteiger partial charge on any atom is -0.480 e. The highest BCUT2D eigenvalue weighted by molar-refractivity contribution is 5.83. The van der Waals surface area contributed by atoms with Crippen LogP contribution in [0.5, 0.6) is 0 Å². The summed E-state index contributed by atoms with van der Waals surface area (Å²) in [5.74, 6) is -1.29. The molecule has 0 saturated carbocycles. The first kappa shape index (κ1) is 12.9. The Hall–Kier alpha value is -1.10. The Bertz CT molecular complexity index is 205. The van der Waals surface area contributed by atoms with Gasteiger partial charge in [0.2, 0.25) is 5.91 Å². The fraction of sp³-hybridized carbons (Fsp3) is 0.778. The summed E-state index contributed by atoms with van der Waals surface area (Å²) in [5, 5.41) is 10.9. The molecule has 1 amide bonds. The van der Waals surface area contributed by atoms with Gasteiger partial charge in [0.15, 0.2) is 0 Å². The molecule has 0 rings (SSSR count). The maximum absolute atomic E-state index is 11.1. The predicted octanol–water partition coefficient (Wildman–Crippen LogP) is 0.391. The molecule has 2 atom stereocenters. The van der Waals surface area contributed by atoms with Crippen molar-refractivity contribution < 1.29 is 19.4 Å². The summed E-state index contributed by atoms with van der Waals surface area (Å²) in [6, 6.07) is -0.833. The minimum atomic E-state index is -1.03. The van der Waals surface area contributed by atoms with Gasteiger partial charge in [-0.15, -0.1) is 0 Å². The molecule has 0 radical (unpaired) electrons. The van der Waals surface area contributed by atoms with E-state index in [1.807, 2.05) is 6.92 Å². The van der Waals surface area contributed by atoms with Crippen LogP contribution in [-0.2, 0) is 14.3 Å². The summed E-state index contributed by atoms with van der Waals surface area (Å²) in [6.45, 7) is 3.29. The van der Waals surface area contributed by atoms with Crippen molar-refractivity contribution in [1.29, 1.82) is 0 Å². The van der Waals surface area contributed by atoms with Crippen molar-refractivity contribution >= 4 is 11.9 Å². The minimum absolute atomic E-state index is 0.0147. The topological polar surface area (TPSA) is 75.6 Å². The van der Waals surface area contributed by atoms with E-state index in [0.717, 1.165) is 0 Å². The summed E-state index contributed by atoms with van der Waals surface area (Å²) >= 11 is 0. The van der Waals surface area contributed by atoms with E-state index in [-0.39, 0.29) is 18.4 Å². The van der Waals surface area contributed by atoms with E-state index < -0.39 is 12.0 Å². The second kappa shape index (κ2) is 6.37. The Balaban J connectivity index is 3.71. The van der Waals surface area contributed by atoms with Gasteiger partial charge in [0.1, 0.15) is 6.04 Å². The molecule has 0 aliphatic rings. The van der Waals surface area contributed by atoms with Crippen LogP contribution in [0, 0.1) is 0 Å². The van der Waals surface area contributed by atoms with Crippen molar-refractivity contribution in [2.45, 2.75) is 38.8 Å². The quantitative estimate of drug-likeness (QED) is 0.654. The van der Waals surface area contributed by atoms with Crippen LogP contribution in [0.4, 0.5) is 0 Å². The molecule has 1 unspecified atom stereocenters. The highest BCUT2D eigenvalue weighted by Crippen LogP contribution is 1.99. The van der Waals surface area contributed by atoms with Gasteiger partial charge in [-0.2, -0.15) is 0 Å². The first-order chi connectivity index (χ1) is 6.47. The molecule has 0 fully saturated rings. The molecule has 0 heterocycles. The maximum atomic E-state index is 11.1. The smallest absolute Gasteiger partial charge is 0.325 e. The zero-order valence-electron chi connectivity index (χ0n) is 8.74. The number of rotatable bonds is 6. The van der Waals surface area contributed by atoms with Crippen LogP contribution in [0.3, 0.4) is 0 Å². The van der Waals surface area contributed by atoms with Gasteiger partial charge in [-0.25, -0.2) is 0 Å². The fourth-order valence-electron chi connectivity index (χ4n) is 0.828. The lowest BCUT2D eigenvalue weighted by molar-refractivity contribution is -0.141. The van der Waals surface area contributed by atoms with E-state index in [1.165, 1.54) is 6.92 Å². The van der Waals surface area contributed by atoms with Gasteiger partial charge < -0.3 is 15.2 Å². The van der Waals surface area contributed by atoms with Gasteiger partial charge >= 0.3 is 5.97 Å². The molecule has 0 aromatic carbocycles. The number of hydrogen-bond acceptors (Lipinski definition) is 3. The van der Waals surface area contributed by atoms with Crippen LogP contribution in [0.1, 0.15) is 26.7 Å². The van der Waals surface area contributed by atoms with E-state index in [2.05, 4.69) is 5.32 Å². The van der Waals surface area contributed by atoms with Gasteiger partial charge in [0, 0.05) is 13.5 Å². The Morgan fingerprint density at radius 1 is 1.43 bits per heavy atom. The van der Waals surface area contributed by atoms with E-state index in [1.54, 1.807) is 7.11 Å². The molecular weight excluding hydrogens is 186 g/mol. The molecule has 14 heavy (non-hydrogen) atoms. The number of aliphatic carboxylic acids is 1. The van der Waals surface area contributed by atoms with E-state index in [4.69, 9.17) is 9.84 Å². The highest BCUT2D eigenvalue weighted by Gasteiger charge is 2.14. The monoisotopic (exact) mass is 203 g/mol. The number of carboxylic acid groups (broad SMARTS) is 1. The molecule has 0 bridgehead atoms. The fourth-order valence-corrected chi connectivity index (χ4v) is 0.828. The molecule has 2 N–H and O–H groups in total. The SMILES string of the molecule is COC(C)CCC(=O)N[C@H](C)C(=O)O. The third-order valence-corrected chi connectivity index (χ3v) is 1.93. The third-order valence-electron chi connectivity index (χ3n) is 1.93. The molecule has 0 saturated heterocycles. The number of carboxylic acids is 1. The molecule has 0 spiro atoms.